The SMILES string of the molecule is O=C(Nc1ccccc1F)[C@H]1CCCN(Cc2nc3ccccc3n2-c2ccc(F)cc2)C1. The van der Waals surface area contributed by atoms with Crippen LogP contribution >= 0.6 is 0 Å². The van der Waals surface area contributed by atoms with E-state index in [0.717, 1.165) is 41.9 Å². The number of nitrogens with one attached hydrogen (secondary N) is 1. The number of amides is 1. The Morgan fingerprint density at radius 2 is 1.76 bits per heavy atom. The Morgan fingerprint density at radius 1 is 1.00 bits per heavy atom. The molecular formula is C26H24F2N4O. The van der Waals surface area contributed by atoms with E-state index in [1.165, 1.54) is 18.2 Å². The predicted molar refractivity (Wildman–Crippen MR) is 124 cm³/mol. The average Bonchev–Trinajstić information content (AvgIpc) is 3.19. The quantitative estimate of drug-likeness (QED) is 0.461. The van der Waals surface area contributed by atoms with Crippen molar-refractivity contribution in [2.75, 3.05) is 18.4 Å². The van der Waals surface area contributed by atoms with Crippen LogP contribution < -0.4 is 5.32 Å². The fourth-order valence-corrected chi connectivity index (χ4v) is 4.47. The van der Waals surface area contributed by atoms with Crippen LogP contribution in [0, 0.1) is 17.6 Å². The maximum Gasteiger partial charge on any atom is 0.228 e. The molecule has 4 aromatic rings. The van der Waals surface area contributed by atoms with Crippen molar-refractivity contribution in [3.63, 3.8) is 0 Å². The van der Waals surface area contributed by atoms with Crippen LogP contribution in [0.15, 0.2) is 72.8 Å². The number of piperidine rings is 1. The first-order valence-electron chi connectivity index (χ1n) is 11.1. The molecule has 1 amide bonds. The lowest BCUT2D eigenvalue weighted by molar-refractivity contribution is -0.121. The fourth-order valence-electron chi connectivity index (χ4n) is 4.47. The zero-order chi connectivity index (χ0) is 22.8. The first-order chi connectivity index (χ1) is 16.1. The maximum atomic E-state index is 14.0. The van der Waals surface area contributed by atoms with Crippen LogP contribution in [-0.2, 0) is 11.3 Å². The van der Waals surface area contributed by atoms with E-state index in [-0.39, 0.29) is 23.3 Å². The Morgan fingerprint density at radius 3 is 2.58 bits per heavy atom. The average molecular weight is 447 g/mol. The number of carbonyl (C=O) groups excluding carboxylic acids is 1. The summed E-state index contributed by atoms with van der Waals surface area (Å²) in [6, 6.07) is 20.4. The highest BCUT2D eigenvalue weighted by molar-refractivity contribution is 5.92. The Kier molecular flexibility index (Phi) is 5.88. The first kappa shape index (κ1) is 21.3. The van der Waals surface area contributed by atoms with Crippen LogP contribution in [0.25, 0.3) is 16.7 Å². The molecule has 0 unspecified atom stereocenters. The minimum Gasteiger partial charge on any atom is -0.323 e. The Bertz CT molecular complexity index is 1290. The lowest BCUT2D eigenvalue weighted by atomic mass is 9.97. The Hall–Kier alpha value is -3.58. The van der Waals surface area contributed by atoms with Crippen molar-refractivity contribution in [1.82, 2.24) is 14.5 Å². The van der Waals surface area contributed by atoms with E-state index >= 15 is 0 Å². The smallest absolute Gasteiger partial charge is 0.228 e. The van der Waals surface area contributed by atoms with Crippen LogP contribution in [0.5, 0.6) is 0 Å². The molecule has 0 aliphatic carbocycles. The molecule has 168 valence electrons. The number of imidazole rings is 1. The zero-order valence-electron chi connectivity index (χ0n) is 18.0. The number of rotatable bonds is 5. The van der Waals surface area contributed by atoms with Crippen molar-refractivity contribution in [2.24, 2.45) is 5.92 Å². The van der Waals surface area contributed by atoms with Crippen molar-refractivity contribution in [3.05, 3.63) is 90.3 Å². The number of hydrogen-bond acceptors (Lipinski definition) is 3. The van der Waals surface area contributed by atoms with Gasteiger partial charge >= 0.3 is 0 Å². The van der Waals surface area contributed by atoms with Crippen LogP contribution in [0.1, 0.15) is 18.7 Å². The Balaban J connectivity index is 1.37. The normalized spacial score (nSPS) is 16.7. The van der Waals surface area contributed by atoms with Gasteiger partial charge in [0.25, 0.3) is 0 Å². The second-order valence-electron chi connectivity index (χ2n) is 8.37. The van der Waals surface area contributed by atoms with Gasteiger partial charge in [0.05, 0.1) is 29.2 Å². The van der Waals surface area contributed by atoms with Crippen LogP contribution in [0.2, 0.25) is 0 Å². The van der Waals surface area contributed by atoms with Gasteiger partial charge in [-0.25, -0.2) is 13.8 Å². The highest BCUT2D eigenvalue weighted by Crippen LogP contribution is 2.25. The number of likely N-dealkylation sites (tertiary alicyclic amines) is 1. The summed E-state index contributed by atoms with van der Waals surface area (Å²) in [4.78, 5) is 19.9. The summed E-state index contributed by atoms with van der Waals surface area (Å²) in [5, 5.41) is 2.73. The number of benzene rings is 3. The van der Waals surface area contributed by atoms with Crippen molar-refractivity contribution < 1.29 is 13.6 Å². The second kappa shape index (κ2) is 9.11. The maximum absolute atomic E-state index is 14.0. The van der Waals surface area contributed by atoms with E-state index in [1.807, 2.05) is 28.8 Å². The van der Waals surface area contributed by atoms with E-state index in [4.69, 9.17) is 4.98 Å². The number of para-hydroxylation sites is 3. The number of carbonyl (C=O) groups is 1. The Labute approximate surface area is 190 Å². The minimum atomic E-state index is -0.438. The van der Waals surface area contributed by atoms with Gasteiger partial charge in [-0.05, 0) is 67.9 Å². The summed E-state index contributed by atoms with van der Waals surface area (Å²) in [7, 11) is 0. The van der Waals surface area contributed by atoms with Gasteiger partial charge < -0.3 is 5.32 Å². The topological polar surface area (TPSA) is 50.2 Å². The van der Waals surface area contributed by atoms with Crippen molar-refractivity contribution in [3.8, 4) is 5.69 Å². The molecule has 2 heterocycles. The second-order valence-corrected chi connectivity index (χ2v) is 8.37. The van der Waals surface area contributed by atoms with Gasteiger partial charge in [-0.2, -0.15) is 0 Å². The standard InChI is InChI=1S/C26H24F2N4O/c27-19-11-13-20(14-12-19)32-24-10-4-3-9-23(24)29-25(32)17-31-15-5-6-18(16-31)26(33)30-22-8-2-1-7-21(22)28/h1-4,7-14,18H,5-6,15-17H2,(H,30,33)/t18-/m0/s1. The fraction of sp³-hybridized carbons (Fsp3) is 0.231. The molecule has 7 heteroatoms. The third kappa shape index (κ3) is 4.50. The number of nitrogens with zero attached hydrogens (tertiary/aromatic N) is 3. The number of aromatic nitrogens is 2. The molecule has 5 rings (SSSR count). The molecule has 1 aliphatic heterocycles. The lowest BCUT2D eigenvalue weighted by Crippen LogP contribution is -2.40. The molecule has 1 aliphatic rings. The summed E-state index contributed by atoms with van der Waals surface area (Å²) in [5.74, 6) is -0.298. The third-order valence-electron chi connectivity index (χ3n) is 6.09. The van der Waals surface area contributed by atoms with Gasteiger partial charge in [-0.1, -0.05) is 24.3 Å². The number of fused-ring (bicyclic) bond motifs is 1. The molecule has 1 fully saturated rings. The van der Waals surface area contributed by atoms with E-state index in [2.05, 4.69) is 10.2 Å². The third-order valence-corrected chi connectivity index (χ3v) is 6.09. The molecule has 33 heavy (non-hydrogen) atoms. The number of hydrogen-bond donors (Lipinski definition) is 1. The molecular weight excluding hydrogens is 422 g/mol. The molecule has 0 radical (unpaired) electrons. The summed E-state index contributed by atoms with van der Waals surface area (Å²) in [5.41, 5.74) is 2.86. The predicted octanol–water partition coefficient (Wildman–Crippen LogP) is 5.15. The highest BCUT2D eigenvalue weighted by Gasteiger charge is 2.27. The summed E-state index contributed by atoms with van der Waals surface area (Å²) in [6.07, 6.45) is 1.62. The molecule has 1 saturated heterocycles. The molecule has 3 aromatic carbocycles. The van der Waals surface area contributed by atoms with E-state index in [9.17, 15) is 13.6 Å². The first-order valence-corrected chi connectivity index (χ1v) is 11.1. The van der Waals surface area contributed by atoms with Gasteiger partial charge in [-0.3, -0.25) is 14.3 Å². The monoisotopic (exact) mass is 446 g/mol. The highest BCUT2D eigenvalue weighted by atomic mass is 19.1. The molecule has 0 saturated carbocycles. The molecule has 1 N–H and O–H groups in total. The summed E-state index contributed by atoms with van der Waals surface area (Å²) in [6.45, 7) is 1.96. The molecule has 5 nitrogen and oxygen atoms in total. The van der Waals surface area contributed by atoms with E-state index in [0.29, 0.717) is 13.1 Å². The van der Waals surface area contributed by atoms with Crippen molar-refractivity contribution >= 4 is 22.6 Å². The van der Waals surface area contributed by atoms with Gasteiger partial charge in [-0.15, -0.1) is 0 Å². The van der Waals surface area contributed by atoms with E-state index < -0.39 is 5.82 Å². The number of halogens is 2. The van der Waals surface area contributed by atoms with E-state index in [1.54, 1.807) is 30.3 Å². The molecule has 1 atom stereocenters. The molecule has 1 aromatic heterocycles. The summed E-state index contributed by atoms with van der Waals surface area (Å²) >= 11 is 0. The van der Waals surface area contributed by atoms with Crippen LogP contribution in [0.3, 0.4) is 0 Å². The zero-order valence-corrected chi connectivity index (χ0v) is 18.0. The van der Waals surface area contributed by atoms with Gasteiger partial charge in [0.1, 0.15) is 17.5 Å². The lowest BCUT2D eigenvalue weighted by Gasteiger charge is -2.31. The van der Waals surface area contributed by atoms with Gasteiger partial charge in [0.2, 0.25) is 5.91 Å². The van der Waals surface area contributed by atoms with Crippen molar-refractivity contribution in [2.45, 2.75) is 19.4 Å². The molecule has 0 bridgehead atoms. The van der Waals surface area contributed by atoms with Gasteiger partial charge in [0.15, 0.2) is 0 Å². The largest absolute Gasteiger partial charge is 0.323 e. The molecule has 0 spiro atoms. The van der Waals surface area contributed by atoms with Crippen molar-refractivity contribution in [1.29, 1.82) is 0 Å². The summed E-state index contributed by atoms with van der Waals surface area (Å²) < 4.78 is 29.5. The van der Waals surface area contributed by atoms with Gasteiger partial charge in [0, 0.05) is 12.2 Å². The number of anilines is 1. The van der Waals surface area contributed by atoms with Crippen LogP contribution in [-0.4, -0.2) is 33.4 Å². The minimum absolute atomic E-state index is 0.170. The van der Waals surface area contributed by atoms with Crippen LogP contribution in [0.4, 0.5) is 14.5 Å².